The fourth-order valence-electron chi connectivity index (χ4n) is 9.44. The summed E-state index contributed by atoms with van der Waals surface area (Å²) in [6, 6.07) is 47.0. The molecule has 10 rings (SSSR count). The number of hydrogen-bond acceptors (Lipinski definition) is 1. The Labute approximate surface area is 364 Å². The van der Waals surface area contributed by atoms with Crippen molar-refractivity contribution in [3.8, 4) is 50.8 Å². The molecule has 0 aliphatic heterocycles. The molecule has 0 unspecified atom stereocenters. The summed E-state index contributed by atoms with van der Waals surface area (Å²) in [5, 5.41) is 14.9. The minimum Gasteiger partial charge on any atom is -0.308 e. The first-order chi connectivity index (χ1) is 30.6. The van der Waals surface area contributed by atoms with Crippen LogP contribution in [0.1, 0.15) is 38.9 Å². The molecule has 0 saturated heterocycles. The average Bonchev–Trinajstić information content (AvgIpc) is 3.77. The third-order valence-corrected chi connectivity index (χ3v) is 12.3. The van der Waals surface area contributed by atoms with E-state index in [-0.39, 0.29) is 22.8 Å². The molecule has 0 radical (unpaired) electrons. The number of nitrogens with zero attached hydrogens (tertiary/aromatic N) is 3. The van der Waals surface area contributed by atoms with E-state index in [1.165, 1.54) is 0 Å². The second kappa shape index (κ2) is 14.8. The summed E-state index contributed by atoms with van der Waals surface area (Å²) in [7, 11) is 0. The van der Waals surface area contributed by atoms with Crippen molar-refractivity contribution >= 4 is 43.6 Å². The number of aromatic nitrogens is 2. The highest BCUT2D eigenvalue weighted by Crippen LogP contribution is 2.44. The van der Waals surface area contributed by atoms with Gasteiger partial charge in [-0.3, -0.25) is 0 Å². The summed E-state index contributed by atoms with van der Waals surface area (Å²) < 4.78 is 90.9. The molecule has 8 aromatic carbocycles. The van der Waals surface area contributed by atoms with Crippen LogP contribution in [0.4, 0.5) is 26.3 Å². The first-order valence-electron chi connectivity index (χ1n) is 20.7. The molecular weight excluding hydrogens is 817 g/mol. The third-order valence-electron chi connectivity index (χ3n) is 12.3. The van der Waals surface area contributed by atoms with E-state index in [4.69, 9.17) is 0 Å². The lowest BCUT2D eigenvalue weighted by Gasteiger charge is -2.20. The molecule has 0 aliphatic carbocycles. The lowest BCUT2D eigenvalue weighted by atomic mass is 9.95. The Hall–Kier alpha value is -7.57. The Bertz CT molecular complexity index is 3370. The molecule has 0 fully saturated rings. The Morgan fingerprint density at radius 3 is 1.22 bits per heavy atom. The van der Waals surface area contributed by atoms with Gasteiger partial charge in [0.05, 0.1) is 44.6 Å². The molecule has 0 spiro atoms. The van der Waals surface area contributed by atoms with E-state index < -0.39 is 23.5 Å². The summed E-state index contributed by atoms with van der Waals surface area (Å²) in [6.45, 7) is 8.12. The smallest absolute Gasteiger partial charge is 0.308 e. The van der Waals surface area contributed by atoms with Crippen LogP contribution in [0.2, 0.25) is 0 Å². The minimum atomic E-state index is -5.08. The molecule has 2 aromatic heterocycles. The maximum absolute atomic E-state index is 14.5. The van der Waals surface area contributed by atoms with Gasteiger partial charge in [-0.05, 0) is 127 Å². The van der Waals surface area contributed by atoms with Gasteiger partial charge in [-0.25, -0.2) is 0 Å². The summed E-state index contributed by atoms with van der Waals surface area (Å²) in [4.78, 5) is 0. The lowest BCUT2D eigenvalue weighted by Crippen LogP contribution is -2.11. The molecule has 0 aliphatic rings. The highest BCUT2D eigenvalue weighted by molar-refractivity contribution is 6.12. The fourth-order valence-corrected chi connectivity index (χ4v) is 9.44. The number of aryl methyl sites for hydroxylation is 4. The zero-order valence-corrected chi connectivity index (χ0v) is 35.0. The highest BCUT2D eigenvalue weighted by atomic mass is 19.4. The van der Waals surface area contributed by atoms with E-state index in [9.17, 15) is 31.6 Å². The highest BCUT2D eigenvalue weighted by Gasteiger charge is 2.37. The molecule has 9 heteroatoms. The van der Waals surface area contributed by atoms with Crippen LogP contribution in [0.15, 0.2) is 152 Å². The summed E-state index contributed by atoms with van der Waals surface area (Å²) in [6.07, 6.45) is -10.2. The monoisotopic (exact) mass is 853 g/mol. The van der Waals surface area contributed by atoms with Crippen molar-refractivity contribution < 1.29 is 26.3 Å². The van der Waals surface area contributed by atoms with Gasteiger partial charge in [-0.15, -0.1) is 0 Å². The van der Waals surface area contributed by atoms with Gasteiger partial charge in [-0.1, -0.05) is 108 Å². The summed E-state index contributed by atoms with van der Waals surface area (Å²) in [5.74, 6) is 0. The number of para-hydroxylation sites is 2. The SMILES string of the molecule is Cc1ccc(-c2ccc3c4ccccc4n(-c4cc(-c5cc(C(F)(F)F)cc(C(F)(F)F)c5)cc(-n5c6ccccc6c6ccc(-c7ccc(C)cc7C)cc65)c4C#N)c3c2)c(C)c1. The van der Waals surface area contributed by atoms with Gasteiger partial charge in [-0.2, -0.15) is 31.6 Å². The van der Waals surface area contributed by atoms with Crippen LogP contribution in [0.5, 0.6) is 0 Å². The number of benzene rings is 8. The van der Waals surface area contributed by atoms with Crippen LogP contribution in [-0.2, 0) is 12.4 Å². The predicted octanol–water partition coefficient (Wildman–Crippen LogP) is 16.0. The van der Waals surface area contributed by atoms with E-state index in [2.05, 4.69) is 30.3 Å². The van der Waals surface area contributed by atoms with Gasteiger partial charge < -0.3 is 9.13 Å². The van der Waals surface area contributed by atoms with Crippen molar-refractivity contribution in [2.45, 2.75) is 40.0 Å². The number of fused-ring (bicyclic) bond motifs is 6. The number of nitriles is 1. The molecule has 64 heavy (non-hydrogen) atoms. The normalized spacial score (nSPS) is 12.2. The third kappa shape index (κ3) is 6.69. The van der Waals surface area contributed by atoms with Crippen LogP contribution >= 0.6 is 0 Å². The van der Waals surface area contributed by atoms with Gasteiger partial charge in [0.25, 0.3) is 0 Å². The molecule has 0 atom stereocenters. The van der Waals surface area contributed by atoms with Crippen LogP contribution in [0.25, 0.3) is 88.4 Å². The van der Waals surface area contributed by atoms with Crippen LogP contribution in [0, 0.1) is 39.0 Å². The topological polar surface area (TPSA) is 33.6 Å². The second-order valence-electron chi connectivity index (χ2n) is 16.6. The van der Waals surface area contributed by atoms with Gasteiger partial charge in [0, 0.05) is 21.5 Å². The predicted molar refractivity (Wildman–Crippen MR) is 245 cm³/mol. The standard InChI is InChI=1S/C55H37F6N3/c1-31-13-17-41(33(3)21-31)35-15-19-45-43-9-5-7-11-48(43)63(50(45)25-35)52-27-38(37-23-39(54(56,57)58)29-40(24-37)55(59,60)61)28-53(47(52)30-62)64-49-12-8-6-10-44(49)46-20-16-36(26-51(46)64)42-18-14-32(2)22-34(42)4/h5-29H,1-4H3. The van der Waals surface area contributed by atoms with Crippen molar-refractivity contribution in [2.75, 3.05) is 0 Å². The van der Waals surface area contributed by atoms with Crippen molar-refractivity contribution in [3.63, 3.8) is 0 Å². The number of alkyl halides is 6. The van der Waals surface area contributed by atoms with Crippen molar-refractivity contribution in [2.24, 2.45) is 0 Å². The minimum absolute atomic E-state index is 0.0635. The first-order valence-corrected chi connectivity index (χ1v) is 20.7. The zero-order valence-electron chi connectivity index (χ0n) is 35.0. The molecule has 0 amide bonds. The molecule has 314 valence electrons. The molecule has 10 aromatic rings. The van der Waals surface area contributed by atoms with E-state index in [0.717, 1.165) is 78.2 Å². The lowest BCUT2D eigenvalue weighted by molar-refractivity contribution is -0.143. The first kappa shape index (κ1) is 40.5. The molecule has 3 nitrogen and oxygen atoms in total. The Morgan fingerprint density at radius 2 is 0.812 bits per heavy atom. The maximum Gasteiger partial charge on any atom is 0.416 e. The number of halogens is 6. The molecule has 2 heterocycles. The van der Waals surface area contributed by atoms with Gasteiger partial charge in [0.2, 0.25) is 0 Å². The maximum atomic E-state index is 14.5. The van der Waals surface area contributed by atoms with Crippen LogP contribution in [-0.4, -0.2) is 9.13 Å². The van der Waals surface area contributed by atoms with Gasteiger partial charge >= 0.3 is 12.4 Å². The number of hydrogen-bond donors (Lipinski definition) is 0. The van der Waals surface area contributed by atoms with Crippen molar-refractivity contribution in [1.29, 1.82) is 5.26 Å². The largest absolute Gasteiger partial charge is 0.416 e. The van der Waals surface area contributed by atoms with E-state index >= 15 is 0 Å². The quantitative estimate of drug-likeness (QED) is 0.159. The van der Waals surface area contributed by atoms with E-state index in [0.29, 0.717) is 33.4 Å². The second-order valence-corrected chi connectivity index (χ2v) is 16.6. The Kier molecular flexibility index (Phi) is 9.35. The summed E-state index contributed by atoms with van der Waals surface area (Å²) >= 11 is 0. The zero-order chi connectivity index (χ0) is 44.8. The van der Waals surface area contributed by atoms with Crippen LogP contribution < -0.4 is 0 Å². The summed E-state index contributed by atoms with van der Waals surface area (Å²) in [5.41, 5.74) is 8.58. The Morgan fingerprint density at radius 1 is 0.406 bits per heavy atom. The average molecular weight is 854 g/mol. The van der Waals surface area contributed by atoms with Crippen molar-refractivity contribution in [1.82, 2.24) is 9.13 Å². The van der Waals surface area contributed by atoms with Gasteiger partial charge in [0.15, 0.2) is 0 Å². The molecule has 0 saturated carbocycles. The van der Waals surface area contributed by atoms with E-state index in [1.807, 2.05) is 134 Å². The number of rotatable bonds is 5. The fraction of sp³-hybridized carbons (Fsp3) is 0.109. The van der Waals surface area contributed by atoms with Gasteiger partial charge in [0.1, 0.15) is 11.6 Å². The van der Waals surface area contributed by atoms with E-state index in [1.54, 1.807) is 12.1 Å². The van der Waals surface area contributed by atoms with Crippen LogP contribution in [0.3, 0.4) is 0 Å². The molecular formula is C55H37F6N3. The Balaban J connectivity index is 1.36. The molecule has 0 bridgehead atoms. The van der Waals surface area contributed by atoms with Crippen molar-refractivity contribution in [3.05, 3.63) is 191 Å². The molecule has 0 N–H and O–H groups in total.